The highest BCUT2D eigenvalue weighted by Crippen LogP contribution is 2.37. The van der Waals surface area contributed by atoms with Gasteiger partial charge in [0.05, 0.1) is 25.6 Å². The summed E-state index contributed by atoms with van der Waals surface area (Å²) >= 11 is 3.23. The minimum atomic E-state index is 0.747. The van der Waals surface area contributed by atoms with E-state index in [-0.39, 0.29) is 0 Å². The first-order valence-corrected chi connectivity index (χ1v) is 9.07. The molecule has 0 saturated heterocycles. The van der Waals surface area contributed by atoms with Gasteiger partial charge in [-0.05, 0) is 19.1 Å². The van der Waals surface area contributed by atoms with E-state index in [2.05, 4.69) is 9.38 Å². The first kappa shape index (κ1) is 15.2. The average Bonchev–Trinajstić information content (AvgIpc) is 3.30. The molecule has 7 heteroatoms. The Morgan fingerprint density at radius 2 is 1.96 bits per heavy atom. The molecule has 4 aromatic rings. The van der Waals surface area contributed by atoms with Gasteiger partial charge in [0.2, 0.25) is 0 Å². The molecule has 0 amide bonds. The number of aryl methyl sites for hydroxylation is 1. The number of imidazole rings is 1. The summed E-state index contributed by atoms with van der Waals surface area (Å²) in [6.45, 7) is 2.02. The number of hydrogen-bond acceptors (Lipinski definition) is 6. The molecule has 5 nitrogen and oxygen atoms in total. The Balaban J connectivity index is 1.81. The van der Waals surface area contributed by atoms with Crippen molar-refractivity contribution in [2.24, 2.45) is 0 Å². The van der Waals surface area contributed by atoms with E-state index >= 15 is 0 Å². The minimum Gasteiger partial charge on any atom is -0.497 e. The first-order chi connectivity index (χ1) is 11.7. The van der Waals surface area contributed by atoms with Gasteiger partial charge in [-0.1, -0.05) is 0 Å². The third-order valence-corrected chi connectivity index (χ3v) is 5.43. The van der Waals surface area contributed by atoms with Gasteiger partial charge in [0.25, 0.3) is 0 Å². The Kier molecular flexibility index (Phi) is 3.74. The van der Waals surface area contributed by atoms with Crippen LogP contribution >= 0.6 is 22.7 Å². The van der Waals surface area contributed by atoms with Crippen LogP contribution in [0.1, 0.15) is 5.69 Å². The minimum absolute atomic E-state index is 0.747. The van der Waals surface area contributed by atoms with E-state index in [9.17, 15) is 0 Å². The number of fused-ring (bicyclic) bond motifs is 1. The molecular formula is C17H15N3O2S2. The van der Waals surface area contributed by atoms with Gasteiger partial charge in [0.15, 0.2) is 4.96 Å². The lowest BCUT2D eigenvalue weighted by atomic mass is 10.1. The molecule has 0 atom stereocenters. The summed E-state index contributed by atoms with van der Waals surface area (Å²) in [5.41, 5.74) is 3.88. The van der Waals surface area contributed by atoms with Gasteiger partial charge in [-0.25, -0.2) is 9.97 Å². The smallest absolute Gasteiger partial charge is 0.194 e. The van der Waals surface area contributed by atoms with Crippen molar-refractivity contribution in [1.29, 1.82) is 0 Å². The van der Waals surface area contributed by atoms with Crippen molar-refractivity contribution in [3.05, 3.63) is 40.8 Å². The van der Waals surface area contributed by atoms with Crippen molar-refractivity contribution in [3.63, 3.8) is 0 Å². The summed E-state index contributed by atoms with van der Waals surface area (Å²) in [4.78, 5) is 10.4. The maximum absolute atomic E-state index is 5.49. The summed E-state index contributed by atoms with van der Waals surface area (Å²) < 4.78 is 12.8. The fraction of sp³-hybridized carbons (Fsp3) is 0.176. The quantitative estimate of drug-likeness (QED) is 0.539. The summed E-state index contributed by atoms with van der Waals surface area (Å²) in [5, 5.41) is 5.03. The first-order valence-electron chi connectivity index (χ1n) is 7.31. The molecule has 0 aliphatic heterocycles. The molecule has 24 heavy (non-hydrogen) atoms. The van der Waals surface area contributed by atoms with Crippen LogP contribution in [0.5, 0.6) is 11.5 Å². The molecule has 3 aromatic heterocycles. The molecule has 1 aromatic carbocycles. The topological polar surface area (TPSA) is 48.7 Å². The normalized spacial score (nSPS) is 11.1. The van der Waals surface area contributed by atoms with E-state index < -0.39 is 0 Å². The van der Waals surface area contributed by atoms with Crippen molar-refractivity contribution in [3.8, 4) is 33.5 Å². The van der Waals surface area contributed by atoms with Crippen molar-refractivity contribution in [1.82, 2.24) is 14.4 Å². The second-order valence-corrected chi connectivity index (χ2v) is 6.94. The molecule has 0 bridgehead atoms. The van der Waals surface area contributed by atoms with Gasteiger partial charge < -0.3 is 9.47 Å². The lowest BCUT2D eigenvalue weighted by Crippen LogP contribution is -1.91. The molecule has 0 fully saturated rings. The van der Waals surface area contributed by atoms with E-state index in [0.717, 1.165) is 44.1 Å². The van der Waals surface area contributed by atoms with E-state index in [4.69, 9.17) is 14.5 Å². The lowest BCUT2D eigenvalue weighted by Gasteiger charge is -2.08. The monoisotopic (exact) mass is 357 g/mol. The van der Waals surface area contributed by atoms with Gasteiger partial charge in [-0.15, -0.1) is 22.7 Å². The highest BCUT2D eigenvalue weighted by Gasteiger charge is 2.17. The van der Waals surface area contributed by atoms with Crippen LogP contribution < -0.4 is 9.47 Å². The lowest BCUT2D eigenvalue weighted by molar-refractivity contribution is 0.395. The Morgan fingerprint density at radius 3 is 2.75 bits per heavy atom. The Bertz CT molecular complexity index is 1020. The van der Waals surface area contributed by atoms with Gasteiger partial charge in [0, 0.05) is 28.6 Å². The van der Waals surface area contributed by atoms with Crippen molar-refractivity contribution >= 4 is 27.6 Å². The zero-order valence-corrected chi connectivity index (χ0v) is 15.1. The number of ether oxygens (including phenoxy) is 2. The van der Waals surface area contributed by atoms with Crippen LogP contribution in [-0.4, -0.2) is 28.6 Å². The SMILES string of the molecule is COc1ccc(-c2csc(-c3c(C)nc4sccn34)n2)c(OC)c1. The third kappa shape index (κ3) is 2.37. The number of thiazole rings is 2. The van der Waals surface area contributed by atoms with Crippen LogP contribution in [0.4, 0.5) is 0 Å². The van der Waals surface area contributed by atoms with E-state index in [1.807, 2.05) is 42.1 Å². The van der Waals surface area contributed by atoms with Crippen molar-refractivity contribution in [2.75, 3.05) is 14.2 Å². The average molecular weight is 357 g/mol. The van der Waals surface area contributed by atoms with Crippen LogP contribution in [0.15, 0.2) is 35.2 Å². The summed E-state index contributed by atoms with van der Waals surface area (Å²) in [6.07, 6.45) is 2.03. The number of nitrogens with zero attached hydrogens (tertiary/aromatic N) is 3. The maximum Gasteiger partial charge on any atom is 0.194 e. The van der Waals surface area contributed by atoms with Crippen molar-refractivity contribution in [2.45, 2.75) is 6.92 Å². The van der Waals surface area contributed by atoms with Gasteiger partial charge in [-0.3, -0.25) is 4.40 Å². The molecular weight excluding hydrogens is 342 g/mol. The molecule has 0 N–H and O–H groups in total. The fourth-order valence-corrected chi connectivity index (χ4v) is 4.34. The largest absolute Gasteiger partial charge is 0.497 e. The zero-order valence-electron chi connectivity index (χ0n) is 13.4. The van der Waals surface area contributed by atoms with Gasteiger partial charge >= 0.3 is 0 Å². The molecule has 122 valence electrons. The molecule has 0 aliphatic carbocycles. The van der Waals surface area contributed by atoms with E-state index in [1.165, 1.54) is 0 Å². The maximum atomic E-state index is 5.49. The molecule has 0 spiro atoms. The van der Waals surface area contributed by atoms with Crippen molar-refractivity contribution < 1.29 is 9.47 Å². The Hall–Kier alpha value is -2.38. The summed E-state index contributed by atoms with van der Waals surface area (Å²) in [7, 11) is 3.30. The molecule has 0 unspecified atom stereocenters. The summed E-state index contributed by atoms with van der Waals surface area (Å²) in [6, 6.07) is 5.76. The van der Waals surface area contributed by atoms with E-state index in [1.54, 1.807) is 36.9 Å². The number of rotatable bonds is 4. The number of hydrogen-bond donors (Lipinski definition) is 0. The van der Waals surface area contributed by atoms with E-state index in [0.29, 0.717) is 0 Å². The molecule has 0 saturated carbocycles. The van der Waals surface area contributed by atoms with Gasteiger partial charge in [0.1, 0.15) is 22.2 Å². The Labute approximate surface area is 147 Å². The predicted octanol–water partition coefficient (Wildman–Crippen LogP) is 4.51. The highest BCUT2D eigenvalue weighted by molar-refractivity contribution is 7.15. The highest BCUT2D eigenvalue weighted by atomic mass is 32.1. The molecule has 3 heterocycles. The van der Waals surface area contributed by atoms with Crippen LogP contribution in [0.25, 0.3) is 26.9 Å². The molecule has 4 rings (SSSR count). The van der Waals surface area contributed by atoms with Crippen LogP contribution in [0, 0.1) is 6.92 Å². The number of benzene rings is 1. The van der Waals surface area contributed by atoms with Crippen LogP contribution in [0.2, 0.25) is 0 Å². The second-order valence-electron chi connectivity index (χ2n) is 5.21. The van der Waals surface area contributed by atoms with Crippen LogP contribution in [-0.2, 0) is 0 Å². The molecule has 0 aliphatic rings. The summed E-state index contributed by atoms with van der Waals surface area (Å²) in [5.74, 6) is 1.51. The van der Waals surface area contributed by atoms with Crippen LogP contribution in [0.3, 0.4) is 0 Å². The standard InChI is InChI=1S/C17H15N3O2S2/c1-10-15(20-6-7-23-17(20)18-10)16-19-13(9-24-16)12-5-4-11(21-2)8-14(12)22-3/h4-9H,1-3H3. The second kappa shape index (κ2) is 5.92. The zero-order chi connectivity index (χ0) is 16.7. The fourth-order valence-electron chi connectivity index (χ4n) is 2.67. The number of aromatic nitrogens is 3. The third-order valence-electron chi connectivity index (χ3n) is 3.83. The Morgan fingerprint density at radius 1 is 1.08 bits per heavy atom. The van der Waals surface area contributed by atoms with Gasteiger partial charge in [-0.2, -0.15) is 0 Å². The predicted molar refractivity (Wildman–Crippen MR) is 97.5 cm³/mol. The molecule has 0 radical (unpaired) electrons. The number of methoxy groups -OCH3 is 2.